The number of carbonyl (C=O) groups is 1. The van der Waals surface area contributed by atoms with Crippen molar-refractivity contribution in [1.29, 1.82) is 0 Å². The van der Waals surface area contributed by atoms with Crippen LogP contribution in [-0.2, 0) is 21.3 Å². The first-order valence-corrected chi connectivity index (χ1v) is 13.4. The Morgan fingerprint density at radius 3 is 2.52 bits per heavy atom. The number of aromatic nitrogens is 1. The molecule has 0 radical (unpaired) electrons. The molecule has 1 amide bonds. The van der Waals surface area contributed by atoms with Gasteiger partial charge in [0, 0.05) is 32.3 Å². The molecule has 1 aromatic heterocycles. The number of rotatable bonds is 10. The lowest BCUT2D eigenvalue weighted by Gasteiger charge is -2.20. The van der Waals surface area contributed by atoms with E-state index in [0.29, 0.717) is 36.6 Å². The average Bonchev–Trinajstić information content (AvgIpc) is 3.13. The number of amides is 1. The molecule has 3 aromatic rings. The highest BCUT2D eigenvalue weighted by Gasteiger charge is 2.22. The van der Waals surface area contributed by atoms with Crippen LogP contribution in [0.3, 0.4) is 0 Å². The minimum atomic E-state index is -3.59. The van der Waals surface area contributed by atoms with Crippen molar-refractivity contribution in [3.63, 3.8) is 0 Å². The highest BCUT2D eigenvalue weighted by atomic mass is 32.2. The maximum atomic E-state index is 12.9. The van der Waals surface area contributed by atoms with Crippen molar-refractivity contribution in [3.05, 3.63) is 58.4 Å². The zero-order chi connectivity index (χ0) is 24.0. The van der Waals surface area contributed by atoms with Gasteiger partial charge in [0.2, 0.25) is 10.0 Å². The standard InChI is InChI=1S/C24H31N3O4S2/c1-5-7-14-26(6-2)33(29,30)20-11-9-19(10-12-20)23(28)25-24-27(15-16-31-4)21-13-8-18(3)17-22(21)32-24/h8-13,17H,5-7,14-16H2,1-4H3. The van der Waals surface area contributed by atoms with Gasteiger partial charge in [-0.1, -0.05) is 37.7 Å². The third-order valence-electron chi connectivity index (χ3n) is 5.41. The number of thiazole rings is 1. The number of sulfonamides is 1. The first-order chi connectivity index (χ1) is 15.8. The number of carbonyl (C=O) groups excluding carboxylic acids is 1. The second kappa shape index (κ2) is 11.2. The molecule has 0 bridgehead atoms. The second-order valence-corrected chi connectivity index (χ2v) is 10.7. The summed E-state index contributed by atoms with van der Waals surface area (Å²) >= 11 is 1.45. The SMILES string of the molecule is CCCCN(CC)S(=O)(=O)c1ccc(C(=O)N=c2sc3cc(C)ccc3n2CCOC)cc1. The summed E-state index contributed by atoms with van der Waals surface area (Å²) in [6, 6.07) is 12.2. The number of nitrogens with zero attached hydrogens (tertiary/aromatic N) is 3. The van der Waals surface area contributed by atoms with Gasteiger partial charge in [0.25, 0.3) is 5.91 Å². The van der Waals surface area contributed by atoms with E-state index in [1.807, 2.05) is 37.5 Å². The number of ether oxygens (including phenoxy) is 1. The van der Waals surface area contributed by atoms with Crippen molar-refractivity contribution in [2.45, 2.75) is 45.1 Å². The molecule has 0 aliphatic rings. The average molecular weight is 490 g/mol. The Bertz CT molecular complexity index is 1280. The Morgan fingerprint density at radius 1 is 1.15 bits per heavy atom. The van der Waals surface area contributed by atoms with E-state index in [1.165, 1.54) is 39.9 Å². The monoisotopic (exact) mass is 489 g/mol. The van der Waals surface area contributed by atoms with Crippen LogP contribution in [0.15, 0.2) is 52.4 Å². The van der Waals surface area contributed by atoms with Crippen molar-refractivity contribution in [1.82, 2.24) is 8.87 Å². The van der Waals surface area contributed by atoms with Gasteiger partial charge in [-0.15, -0.1) is 0 Å². The number of methoxy groups -OCH3 is 1. The third kappa shape index (κ3) is 5.78. The summed E-state index contributed by atoms with van der Waals surface area (Å²) in [6.07, 6.45) is 1.73. The van der Waals surface area contributed by atoms with Crippen LogP contribution in [0, 0.1) is 6.92 Å². The number of hydrogen-bond donors (Lipinski definition) is 0. The number of fused-ring (bicyclic) bond motifs is 1. The maximum Gasteiger partial charge on any atom is 0.279 e. The normalized spacial score (nSPS) is 12.7. The molecule has 33 heavy (non-hydrogen) atoms. The summed E-state index contributed by atoms with van der Waals surface area (Å²) in [5.41, 5.74) is 2.48. The summed E-state index contributed by atoms with van der Waals surface area (Å²) in [5.74, 6) is -0.410. The molecular formula is C24H31N3O4S2. The molecule has 0 spiro atoms. The molecule has 178 valence electrons. The first-order valence-electron chi connectivity index (χ1n) is 11.1. The molecule has 0 aliphatic heterocycles. The van der Waals surface area contributed by atoms with E-state index in [4.69, 9.17) is 4.74 Å². The molecule has 0 aliphatic carbocycles. The summed E-state index contributed by atoms with van der Waals surface area (Å²) in [7, 11) is -1.95. The molecule has 0 fully saturated rings. The number of aryl methyl sites for hydroxylation is 1. The summed E-state index contributed by atoms with van der Waals surface area (Å²) in [5, 5.41) is 0. The van der Waals surface area contributed by atoms with Crippen molar-refractivity contribution in [2.24, 2.45) is 4.99 Å². The van der Waals surface area contributed by atoms with Crippen molar-refractivity contribution in [3.8, 4) is 0 Å². The van der Waals surface area contributed by atoms with E-state index in [1.54, 1.807) is 7.11 Å². The van der Waals surface area contributed by atoms with Gasteiger partial charge in [-0.25, -0.2) is 8.42 Å². The van der Waals surface area contributed by atoms with Crippen LogP contribution < -0.4 is 4.80 Å². The van der Waals surface area contributed by atoms with E-state index in [0.717, 1.165) is 28.6 Å². The third-order valence-corrected chi connectivity index (χ3v) is 8.44. The van der Waals surface area contributed by atoms with Crippen LogP contribution in [-0.4, -0.2) is 50.0 Å². The Hall–Kier alpha value is -2.33. The van der Waals surface area contributed by atoms with Crippen LogP contribution in [0.5, 0.6) is 0 Å². The highest BCUT2D eigenvalue weighted by molar-refractivity contribution is 7.89. The molecule has 2 aromatic carbocycles. The Morgan fingerprint density at radius 2 is 1.88 bits per heavy atom. The quantitative estimate of drug-likeness (QED) is 0.427. The van der Waals surface area contributed by atoms with Gasteiger partial charge in [0.05, 0.1) is 21.7 Å². The minimum absolute atomic E-state index is 0.185. The largest absolute Gasteiger partial charge is 0.383 e. The Kier molecular flexibility index (Phi) is 8.58. The summed E-state index contributed by atoms with van der Waals surface area (Å²) in [6.45, 7) is 7.85. The lowest BCUT2D eigenvalue weighted by molar-refractivity contribution is 0.0997. The number of unbranched alkanes of at least 4 members (excludes halogenated alkanes) is 1. The van der Waals surface area contributed by atoms with E-state index < -0.39 is 15.9 Å². The van der Waals surface area contributed by atoms with Crippen LogP contribution in [0.4, 0.5) is 0 Å². The van der Waals surface area contributed by atoms with Gasteiger partial charge in [-0.2, -0.15) is 9.30 Å². The van der Waals surface area contributed by atoms with Gasteiger partial charge in [0.15, 0.2) is 4.80 Å². The number of benzene rings is 2. The maximum absolute atomic E-state index is 12.9. The predicted octanol–water partition coefficient (Wildman–Crippen LogP) is 4.21. The van der Waals surface area contributed by atoms with Crippen molar-refractivity contribution in [2.75, 3.05) is 26.8 Å². The number of hydrogen-bond acceptors (Lipinski definition) is 5. The first kappa shape index (κ1) is 25.3. The zero-order valence-electron chi connectivity index (χ0n) is 19.6. The zero-order valence-corrected chi connectivity index (χ0v) is 21.2. The smallest absolute Gasteiger partial charge is 0.279 e. The topological polar surface area (TPSA) is 81.0 Å². The van der Waals surface area contributed by atoms with Crippen molar-refractivity contribution >= 4 is 37.5 Å². The fourth-order valence-corrected chi connectivity index (χ4v) is 6.16. The predicted molar refractivity (Wildman–Crippen MR) is 132 cm³/mol. The molecule has 1 heterocycles. The van der Waals surface area contributed by atoms with Gasteiger partial charge >= 0.3 is 0 Å². The van der Waals surface area contributed by atoms with E-state index >= 15 is 0 Å². The van der Waals surface area contributed by atoms with Gasteiger partial charge in [0.1, 0.15) is 0 Å². The molecule has 9 heteroatoms. The second-order valence-electron chi connectivity index (χ2n) is 7.79. The Labute approximate surface area is 199 Å². The van der Waals surface area contributed by atoms with Crippen molar-refractivity contribution < 1.29 is 17.9 Å². The molecule has 0 N–H and O–H groups in total. The van der Waals surface area contributed by atoms with Crippen LogP contribution in [0.1, 0.15) is 42.6 Å². The molecular weight excluding hydrogens is 458 g/mol. The van der Waals surface area contributed by atoms with E-state index in [2.05, 4.69) is 11.1 Å². The van der Waals surface area contributed by atoms with E-state index in [9.17, 15) is 13.2 Å². The summed E-state index contributed by atoms with van der Waals surface area (Å²) < 4.78 is 35.6. The van der Waals surface area contributed by atoms with Crippen LogP contribution in [0.25, 0.3) is 10.2 Å². The molecule has 0 atom stereocenters. The minimum Gasteiger partial charge on any atom is -0.383 e. The molecule has 0 saturated carbocycles. The van der Waals surface area contributed by atoms with E-state index in [-0.39, 0.29) is 4.90 Å². The molecule has 3 rings (SSSR count). The molecule has 0 unspecified atom stereocenters. The molecule has 7 nitrogen and oxygen atoms in total. The summed E-state index contributed by atoms with van der Waals surface area (Å²) in [4.78, 5) is 18.0. The lowest BCUT2D eigenvalue weighted by atomic mass is 10.2. The molecule has 0 saturated heterocycles. The van der Waals surface area contributed by atoms with Gasteiger partial charge in [-0.3, -0.25) is 4.79 Å². The lowest BCUT2D eigenvalue weighted by Crippen LogP contribution is -2.31. The Balaban J connectivity index is 1.93. The van der Waals surface area contributed by atoms with Crippen LogP contribution in [0.2, 0.25) is 0 Å². The van der Waals surface area contributed by atoms with Gasteiger partial charge < -0.3 is 9.30 Å². The van der Waals surface area contributed by atoms with Gasteiger partial charge in [-0.05, 0) is 55.3 Å². The van der Waals surface area contributed by atoms with Crippen LogP contribution >= 0.6 is 11.3 Å². The fourth-order valence-electron chi connectivity index (χ4n) is 3.52. The fraction of sp³-hybridized carbons (Fsp3) is 0.417. The highest BCUT2D eigenvalue weighted by Crippen LogP contribution is 2.20.